The third-order valence-electron chi connectivity index (χ3n) is 4.82. The fourth-order valence-corrected chi connectivity index (χ4v) is 3.67. The van der Waals surface area contributed by atoms with E-state index < -0.39 is 5.97 Å². The Labute approximate surface area is 154 Å². The van der Waals surface area contributed by atoms with Crippen molar-refractivity contribution < 1.29 is 19.1 Å². The van der Waals surface area contributed by atoms with E-state index in [-0.39, 0.29) is 5.97 Å². The van der Waals surface area contributed by atoms with E-state index in [1.54, 1.807) is 20.8 Å². The molecule has 0 bridgehead atoms. The largest absolute Gasteiger partial charge is 0.462 e. The van der Waals surface area contributed by atoms with Gasteiger partial charge in [0.1, 0.15) is 0 Å². The zero-order valence-corrected chi connectivity index (χ0v) is 15.6. The summed E-state index contributed by atoms with van der Waals surface area (Å²) in [4.78, 5) is 25.3. The summed E-state index contributed by atoms with van der Waals surface area (Å²) in [6.45, 7) is 5.95. The average Bonchev–Trinajstić information content (AvgIpc) is 2.81. The Morgan fingerprint density at radius 3 is 2.35 bits per heavy atom. The molecule has 0 aliphatic heterocycles. The van der Waals surface area contributed by atoms with Crippen LogP contribution in [0.25, 0.3) is 11.1 Å². The first-order valence-electron chi connectivity index (χ1n) is 9.17. The molecule has 0 unspecified atom stereocenters. The molecule has 2 aromatic carbocycles. The predicted molar refractivity (Wildman–Crippen MR) is 101 cm³/mol. The molecule has 0 spiro atoms. The Balaban J connectivity index is 2.31. The molecule has 0 radical (unpaired) electrons. The molecule has 136 valence electrons. The molecule has 0 fully saturated rings. The molecule has 0 saturated carbocycles. The summed E-state index contributed by atoms with van der Waals surface area (Å²) in [6.07, 6.45) is 2.72. The van der Waals surface area contributed by atoms with E-state index in [9.17, 15) is 9.59 Å². The first kappa shape index (κ1) is 18.2. The summed E-state index contributed by atoms with van der Waals surface area (Å²) in [5.74, 6) is -0.778. The predicted octanol–water partition coefficient (Wildman–Crippen LogP) is 4.50. The van der Waals surface area contributed by atoms with Gasteiger partial charge in [0.25, 0.3) is 0 Å². The highest BCUT2D eigenvalue weighted by Crippen LogP contribution is 2.38. The molecular formula is C22H24O4. The van der Waals surface area contributed by atoms with Gasteiger partial charge in [-0.2, -0.15) is 0 Å². The summed E-state index contributed by atoms with van der Waals surface area (Å²) in [5, 5.41) is 0. The summed E-state index contributed by atoms with van der Waals surface area (Å²) in [7, 11) is 0. The number of hydrogen-bond acceptors (Lipinski definition) is 4. The van der Waals surface area contributed by atoms with E-state index in [0.717, 1.165) is 36.0 Å². The number of hydrogen-bond donors (Lipinski definition) is 0. The minimum absolute atomic E-state index is 0.290. The summed E-state index contributed by atoms with van der Waals surface area (Å²) >= 11 is 0. The van der Waals surface area contributed by atoms with E-state index in [0.29, 0.717) is 29.9 Å². The number of carbonyl (C=O) groups is 2. The molecule has 26 heavy (non-hydrogen) atoms. The van der Waals surface area contributed by atoms with Gasteiger partial charge in [0.15, 0.2) is 0 Å². The third kappa shape index (κ3) is 3.24. The maximum atomic E-state index is 12.8. The molecule has 0 atom stereocenters. The number of fused-ring (bicyclic) bond motifs is 3. The number of rotatable bonds is 4. The second kappa shape index (κ2) is 7.73. The second-order valence-corrected chi connectivity index (χ2v) is 6.41. The number of carbonyl (C=O) groups excluding carboxylic acids is 2. The van der Waals surface area contributed by atoms with Crippen LogP contribution >= 0.6 is 0 Å². The standard InChI is InChI=1S/C22H24O4/c1-4-25-21(23)18-13-16-11-8-10-15-9-6-7-12-17(15)20(16)19(14(18)3)22(24)26-5-2/h6-7,9,12-13H,4-5,8,10-11H2,1-3H3. The third-order valence-corrected chi connectivity index (χ3v) is 4.82. The van der Waals surface area contributed by atoms with E-state index in [1.165, 1.54) is 5.56 Å². The van der Waals surface area contributed by atoms with Crippen molar-refractivity contribution in [1.29, 1.82) is 0 Å². The van der Waals surface area contributed by atoms with Gasteiger partial charge in [-0.25, -0.2) is 9.59 Å². The lowest BCUT2D eigenvalue weighted by Crippen LogP contribution is -2.16. The quantitative estimate of drug-likeness (QED) is 0.760. The zero-order valence-electron chi connectivity index (χ0n) is 15.6. The van der Waals surface area contributed by atoms with E-state index in [4.69, 9.17) is 9.47 Å². The lowest BCUT2D eigenvalue weighted by molar-refractivity contribution is 0.0524. The highest BCUT2D eigenvalue weighted by Gasteiger charge is 2.28. The number of ether oxygens (including phenoxy) is 2. The number of benzene rings is 2. The number of esters is 2. The van der Waals surface area contributed by atoms with Crippen LogP contribution in [-0.2, 0) is 22.3 Å². The molecule has 0 N–H and O–H groups in total. The molecule has 0 aromatic heterocycles. The minimum atomic E-state index is -0.393. The molecule has 4 nitrogen and oxygen atoms in total. The van der Waals surface area contributed by atoms with Gasteiger partial charge in [0.2, 0.25) is 0 Å². The molecule has 0 amide bonds. The van der Waals surface area contributed by atoms with Crippen molar-refractivity contribution in [1.82, 2.24) is 0 Å². The van der Waals surface area contributed by atoms with Crippen LogP contribution in [0.15, 0.2) is 30.3 Å². The van der Waals surface area contributed by atoms with Gasteiger partial charge in [0, 0.05) is 0 Å². The Morgan fingerprint density at radius 1 is 0.962 bits per heavy atom. The van der Waals surface area contributed by atoms with Gasteiger partial charge < -0.3 is 9.47 Å². The van der Waals surface area contributed by atoms with Crippen LogP contribution in [0.5, 0.6) is 0 Å². The van der Waals surface area contributed by atoms with Crippen LogP contribution in [0.2, 0.25) is 0 Å². The Bertz CT molecular complexity index is 851. The van der Waals surface area contributed by atoms with Crippen molar-refractivity contribution in [2.24, 2.45) is 0 Å². The van der Waals surface area contributed by atoms with Gasteiger partial charge >= 0.3 is 11.9 Å². The fraction of sp³-hybridized carbons (Fsp3) is 0.364. The average molecular weight is 352 g/mol. The van der Waals surface area contributed by atoms with Gasteiger partial charge in [-0.05, 0) is 73.9 Å². The van der Waals surface area contributed by atoms with E-state index >= 15 is 0 Å². The molecule has 1 aliphatic rings. The number of aryl methyl sites for hydroxylation is 2. The Hall–Kier alpha value is -2.62. The van der Waals surface area contributed by atoms with Crippen LogP contribution in [0.1, 0.15) is 57.7 Å². The maximum Gasteiger partial charge on any atom is 0.339 e. The van der Waals surface area contributed by atoms with Gasteiger partial charge in [-0.3, -0.25) is 0 Å². The van der Waals surface area contributed by atoms with Crippen LogP contribution in [-0.4, -0.2) is 25.2 Å². The molecule has 0 saturated heterocycles. The molecule has 0 heterocycles. The zero-order chi connectivity index (χ0) is 18.7. The molecular weight excluding hydrogens is 328 g/mol. The first-order valence-corrected chi connectivity index (χ1v) is 9.17. The van der Waals surface area contributed by atoms with Gasteiger partial charge in [-0.1, -0.05) is 24.3 Å². The van der Waals surface area contributed by atoms with Crippen LogP contribution in [0, 0.1) is 6.92 Å². The van der Waals surface area contributed by atoms with Crippen LogP contribution in [0.4, 0.5) is 0 Å². The van der Waals surface area contributed by atoms with E-state index in [2.05, 4.69) is 6.07 Å². The summed E-state index contributed by atoms with van der Waals surface area (Å²) in [5.41, 5.74) is 5.75. The monoisotopic (exact) mass is 352 g/mol. The molecule has 3 rings (SSSR count). The lowest BCUT2D eigenvalue weighted by Gasteiger charge is -2.19. The van der Waals surface area contributed by atoms with Gasteiger partial charge in [-0.15, -0.1) is 0 Å². The van der Waals surface area contributed by atoms with Crippen LogP contribution < -0.4 is 0 Å². The van der Waals surface area contributed by atoms with Crippen molar-refractivity contribution in [3.8, 4) is 11.1 Å². The first-order chi connectivity index (χ1) is 12.6. The Kier molecular flexibility index (Phi) is 5.40. The van der Waals surface area contributed by atoms with Crippen molar-refractivity contribution in [2.75, 3.05) is 13.2 Å². The van der Waals surface area contributed by atoms with Crippen molar-refractivity contribution in [3.63, 3.8) is 0 Å². The molecule has 1 aliphatic carbocycles. The Morgan fingerprint density at radius 2 is 1.62 bits per heavy atom. The van der Waals surface area contributed by atoms with Gasteiger partial charge in [0.05, 0.1) is 24.3 Å². The van der Waals surface area contributed by atoms with Crippen LogP contribution in [0.3, 0.4) is 0 Å². The smallest absolute Gasteiger partial charge is 0.339 e. The SMILES string of the molecule is CCOC(=O)c1cc2c(c(C(=O)OCC)c1C)-c1ccccc1CCC2. The lowest BCUT2D eigenvalue weighted by atomic mass is 9.87. The van der Waals surface area contributed by atoms with Crippen molar-refractivity contribution in [3.05, 3.63) is 58.1 Å². The van der Waals surface area contributed by atoms with E-state index in [1.807, 2.05) is 24.3 Å². The van der Waals surface area contributed by atoms with Crippen molar-refractivity contribution >= 4 is 11.9 Å². The topological polar surface area (TPSA) is 52.6 Å². The molecule has 2 aromatic rings. The summed E-state index contributed by atoms with van der Waals surface area (Å²) in [6, 6.07) is 10.1. The summed E-state index contributed by atoms with van der Waals surface area (Å²) < 4.78 is 10.5. The molecule has 4 heteroatoms. The minimum Gasteiger partial charge on any atom is -0.462 e. The highest BCUT2D eigenvalue weighted by molar-refractivity contribution is 6.04. The highest BCUT2D eigenvalue weighted by atomic mass is 16.5. The fourth-order valence-electron chi connectivity index (χ4n) is 3.67. The maximum absolute atomic E-state index is 12.8. The second-order valence-electron chi connectivity index (χ2n) is 6.41. The normalized spacial score (nSPS) is 12.6. The van der Waals surface area contributed by atoms with Crippen molar-refractivity contribution in [2.45, 2.75) is 40.0 Å².